The van der Waals surface area contributed by atoms with E-state index in [9.17, 15) is 4.39 Å². The van der Waals surface area contributed by atoms with Crippen LogP contribution in [0, 0.1) is 5.82 Å². The molecule has 0 radical (unpaired) electrons. The predicted molar refractivity (Wildman–Crippen MR) is 74.4 cm³/mol. The number of alkyl halides is 1. The maximum absolute atomic E-state index is 13.2. The topological polar surface area (TPSA) is 9.23 Å². The summed E-state index contributed by atoms with van der Waals surface area (Å²) in [6, 6.07) is 12.2. The van der Waals surface area contributed by atoms with Crippen LogP contribution in [0.1, 0.15) is 11.1 Å². The molecule has 0 aliphatic heterocycles. The van der Waals surface area contributed by atoms with Crippen molar-refractivity contribution < 1.29 is 9.13 Å². The standard InChI is InChI=1S/C14H11BrClFO/c15-12-5-11(6-13(17)7-12)9-18-14-3-1-10(8-16)2-4-14/h1-7H,8-9H2. The lowest BCUT2D eigenvalue weighted by Gasteiger charge is -2.07. The number of halogens is 3. The van der Waals surface area contributed by atoms with Crippen LogP contribution in [0.5, 0.6) is 5.75 Å². The van der Waals surface area contributed by atoms with Crippen molar-refractivity contribution in [2.24, 2.45) is 0 Å². The third-order valence-corrected chi connectivity index (χ3v) is 3.17. The molecule has 0 saturated heterocycles. The highest BCUT2D eigenvalue weighted by Gasteiger charge is 2.01. The van der Waals surface area contributed by atoms with Crippen LogP contribution in [-0.2, 0) is 12.5 Å². The molecule has 2 rings (SSSR count). The largest absolute Gasteiger partial charge is 0.489 e. The van der Waals surface area contributed by atoms with Crippen molar-refractivity contribution in [3.63, 3.8) is 0 Å². The molecule has 4 heteroatoms. The van der Waals surface area contributed by atoms with Crippen molar-refractivity contribution in [1.82, 2.24) is 0 Å². The lowest BCUT2D eigenvalue weighted by atomic mass is 10.2. The zero-order chi connectivity index (χ0) is 13.0. The summed E-state index contributed by atoms with van der Waals surface area (Å²) in [5.41, 5.74) is 1.82. The Balaban J connectivity index is 2.01. The summed E-state index contributed by atoms with van der Waals surface area (Å²) in [6.45, 7) is 0.330. The van der Waals surface area contributed by atoms with Crippen LogP contribution >= 0.6 is 27.5 Å². The van der Waals surface area contributed by atoms with Gasteiger partial charge < -0.3 is 4.74 Å². The number of ether oxygens (including phenoxy) is 1. The van der Waals surface area contributed by atoms with Crippen LogP contribution in [0.15, 0.2) is 46.9 Å². The Labute approximate surface area is 119 Å². The first kappa shape index (κ1) is 13.4. The van der Waals surface area contributed by atoms with E-state index in [2.05, 4.69) is 15.9 Å². The highest BCUT2D eigenvalue weighted by molar-refractivity contribution is 9.10. The smallest absolute Gasteiger partial charge is 0.124 e. The molecular weight excluding hydrogens is 319 g/mol. The molecule has 0 saturated carbocycles. The highest BCUT2D eigenvalue weighted by Crippen LogP contribution is 2.18. The van der Waals surface area contributed by atoms with Crippen LogP contribution in [0.4, 0.5) is 4.39 Å². The van der Waals surface area contributed by atoms with Gasteiger partial charge in [0.15, 0.2) is 0 Å². The number of rotatable bonds is 4. The van der Waals surface area contributed by atoms with E-state index in [0.29, 0.717) is 17.0 Å². The minimum Gasteiger partial charge on any atom is -0.489 e. The predicted octanol–water partition coefficient (Wildman–Crippen LogP) is 4.91. The van der Waals surface area contributed by atoms with Gasteiger partial charge in [0.25, 0.3) is 0 Å². The molecule has 2 aromatic carbocycles. The maximum Gasteiger partial charge on any atom is 0.124 e. The Morgan fingerprint density at radius 1 is 1.06 bits per heavy atom. The molecule has 0 amide bonds. The molecule has 0 aliphatic carbocycles. The zero-order valence-electron chi connectivity index (χ0n) is 9.50. The van der Waals surface area contributed by atoms with E-state index in [0.717, 1.165) is 16.9 Å². The van der Waals surface area contributed by atoms with E-state index in [1.165, 1.54) is 12.1 Å². The molecule has 0 bridgehead atoms. The number of hydrogen-bond acceptors (Lipinski definition) is 1. The molecule has 0 atom stereocenters. The quantitative estimate of drug-likeness (QED) is 0.725. The van der Waals surface area contributed by atoms with Gasteiger partial charge in [-0.1, -0.05) is 28.1 Å². The molecular formula is C14H11BrClFO. The SMILES string of the molecule is Fc1cc(Br)cc(COc2ccc(CCl)cc2)c1. The second kappa shape index (κ2) is 6.21. The van der Waals surface area contributed by atoms with Crippen LogP contribution < -0.4 is 4.74 Å². The number of hydrogen-bond donors (Lipinski definition) is 0. The van der Waals surface area contributed by atoms with Gasteiger partial charge in [0, 0.05) is 10.4 Å². The Kier molecular flexibility index (Phi) is 4.61. The van der Waals surface area contributed by atoms with Gasteiger partial charge >= 0.3 is 0 Å². The molecule has 1 nitrogen and oxygen atoms in total. The zero-order valence-corrected chi connectivity index (χ0v) is 11.8. The average Bonchev–Trinajstić information content (AvgIpc) is 2.36. The lowest BCUT2D eigenvalue weighted by molar-refractivity contribution is 0.305. The van der Waals surface area contributed by atoms with Crippen LogP contribution in [-0.4, -0.2) is 0 Å². The van der Waals surface area contributed by atoms with E-state index < -0.39 is 0 Å². The second-order valence-electron chi connectivity index (χ2n) is 3.84. The second-order valence-corrected chi connectivity index (χ2v) is 5.03. The summed E-state index contributed by atoms with van der Waals surface area (Å²) >= 11 is 8.95. The van der Waals surface area contributed by atoms with Crippen molar-refractivity contribution in [2.75, 3.05) is 0 Å². The van der Waals surface area contributed by atoms with Gasteiger partial charge in [-0.2, -0.15) is 0 Å². The van der Waals surface area contributed by atoms with Crippen molar-refractivity contribution in [3.8, 4) is 5.75 Å². The summed E-state index contributed by atoms with van der Waals surface area (Å²) in [7, 11) is 0. The van der Waals surface area contributed by atoms with E-state index in [4.69, 9.17) is 16.3 Å². The summed E-state index contributed by atoms with van der Waals surface area (Å²) in [6.07, 6.45) is 0. The summed E-state index contributed by atoms with van der Waals surface area (Å²) < 4.78 is 19.4. The van der Waals surface area contributed by atoms with Gasteiger partial charge in [0.2, 0.25) is 0 Å². The lowest BCUT2D eigenvalue weighted by Crippen LogP contribution is -1.96. The van der Waals surface area contributed by atoms with Crippen molar-refractivity contribution in [2.45, 2.75) is 12.5 Å². The fraction of sp³-hybridized carbons (Fsp3) is 0.143. The van der Waals surface area contributed by atoms with Crippen molar-refractivity contribution in [1.29, 1.82) is 0 Å². The van der Waals surface area contributed by atoms with E-state index in [-0.39, 0.29) is 5.82 Å². The van der Waals surface area contributed by atoms with Gasteiger partial charge in [0.05, 0.1) is 0 Å². The van der Waals surface area contributed by atoms with Gasteiger partial charge in [-0.25, -0.2) is 4.39 Å². The molecule has 2 aromatic rings. The Morgan fingerprint density at radius 2 is 1.78 bits per heavy atom. The van der Waals surface area contributed by atoms with Gasteiger partial charge in [-0.05, 0) is 41.5 Å². The first-order valence-electron chi connectivity index (χ1n) is 5.40. The minimum atomic E-state index is -0.277. The molecule has 0 spiro atoms. The average molecular weight is 330 g/mol. The van der Waals surface area contributed by atoms with E-state index >= 15 is 0 Å². The van der Waals surface area contributed by atoms with E-state index in [1.807, 2.05) is 30.3 Å². The van der Waals surface area contributed by atoms with Crippen LogP contribution in [0.2, 0.25) is 0 Å². The van der Waals surface area contributed by atoms with Crippen LogP contribution in [0.3, 0.4) is 0 Å². The van der Waals surface area contributed by atoms with Gasteiger partial charge in [0.1, 0.15) is 18.2 Å². The fourth-order valence-electron chi connectivity index (χ4n) is 1.54. The molecule has 0 heterocycles. The summed E-state index contributed by atoms with van der Waals surface area (Å²) in [5.74, 6) is 0.946. The Hall–Kier alpha value is -1.06. The summed E-state index contributed by atoms with van der Waals surface area (Å²) in [5, 5.41) is 0. The molecule has 0 unspecified atom stereocenters. The molecule has 18 heavy (non-hydrogen) atoms. The Bertz CT molecular complexity index is 508. The Morgan fingerprint density at radius 3 is 2.39 bits per heavy atom. The van der Waals surface area contributed by atoms with Gasteiger partial charge in [-0.15, -0.1) is 11.6 Å². The molecule has 0 aromatic heterocycles. The first-order chi connectivity index (χ1) is 8.67. The molecule has 94 valence electrons. The van der Waals surface area contributed by atoms with E-state index in [1.54, 1.807) is 0 Å². The van der Waals surface area contributed by atoms with Gasteiger partial charge in [-0.3, -0.25) is 0 Å². The minimum absolute atomic E-state index is 0.277. The molecule has 0 aliphatic rings. The third kappa shape index (κ3) is 3.72. The maximum atomic E-state index is 13.2. The highest BCUT2D eigenvalue weighted by atomic mass is 79.9. The molecule has 0 fully saturated rings. The first-order valence-corrected chi connectivity index (χ1v) is 6.73. The monoisotopic (exact) mass is 328 g/mol. The van der Waals surface area contributed by atoms with Crippen LogP contribution in [0.25, 0.3) is 0 Å². The van der Waals surface area contributed by atoms with Crippen molar-refractivity contribution in [3.05, 3.63) is 63.9 Å². The van der Waals surface area contributed by atoms with Crippen molar-refractivity contribution >= 4 is 27.5 Å². The summed E-state index contributed by atoms with van der Waals surface area (Å²) in [4.78, 5) is 0. The number of benzene rings is 2. The normalized spacial score (nSPS) is 10.4. The third-order valence-electron chi connectivity index (χ3n) is 2.41. The fourth-order valence-corrected chi connectivity index (χ4v) is 2.23. The molecule has 0 N–H and O–H groups in total.